The minimum absolute atomic E-state index is 0.121. The zero-order chi connectivity index (χ0) is 16.9. The Bertz CT molecular complexity index is 818. The van der Waals surface area contributed by atoms with Crippen LogP contribution in [0.5, 0.6) is 0 Å². The number of hydrogen-bond acceptors (Lipinski definition) is 4. The van der Waals surface area contributed by atoms with Gasteiger partial charge in [-0.2, -0.15) is 0 Å². The lowest BCUT2D eigenvalue weighted by molar-refractivity contribution is -0.121. The van der Waals surface area contributed by atoms with Crippen LogP contribution in [0.25, 0.3) is 10.7 Å². The number of carbonyl (C=O) groups is 1. The molecule has 1 atom stereocenters. The number of nitrogens with zero attached hydrogens (tertiary/aromatic N) is 2. The minimum Gasteiger partial charge on any atom is -0.349 e. The van der Waals surface area contributed by atoms with Crippen LogP contribution in [0.1, 0.15) is 24.2 Å². The molecule has 1 aromatic carbocycles. The normalized spacial score (nSPS) is 11.9. The van der Waals surface area contributed by atoms with Crippen molar-refractivity contribution in [1.29, 1.82) is 0 Å². The molecular weight excluding hydrogens is 325 g/mol. The number of aromatic nitrogens is 2. The van der Waals surface area contributed by atoms with Crippen LogP contribution in [0.3, 0.4) is 0 Å². The number of amides is 1. The average Bonchev–Trinajstić information content (AvgIpc) is 3.04. The Balaban J connectivity index is 1.61. The number of nitrogens with one attached hydrogen (secondary N) is 1. The average molecular weight is 341 g/mol. The van der Waals surface area contributed by atoms with Gasteiger partial charge in [0.2, 0.25) is 5.91 Å². The van der Waals surface area contributed by atoms with Crippen LogP contribution in [0.15, 0.2) is 54.0 Å². The first-order chi connectivity index (χ1) is 11.6. The quantitative estimate of drug-likeness (QED) is 0.769. The van der Waals surface area contributed by atoms with E-state index in [9.17, 15) is 9.18 Å². The van der Waals surface area contributed by atoms with Gasteiger partial charge in [0.05, 0.1) is 23.9 Å². The topological polar surface area (TPSA) is 54.9 Å². The fourth-order valence-corrected chi connectivity index (χ4v) is 3.08. The molecule has 0 aliphatic heterocycles. The summed E-state index contributed by atoms with van der Waals surface area (Å²) in [5.74, 6) is -0.411. The third-order valence-electron chi connectivity index (χ3n) is 3.52. The highest BCUT2D eigenvalue weighted by molar-refractivity contribution is 7.13. The Morgan fingerprint density at radius 2 is 2.04 bits per heavy atom. The second kappa shape index (κ2) is 7.31. The van der Waals surface area contributed by atoms with Crippen molar-refractivity contribution in [3.63, 3.8) is 0 Å². The molecule has 0 saturated carbocycles. The third-order valence-corrected chi connectivity index (χ3v) is 4.44. The van der Waals surface area contributed by atoms with Gasteiger partial charge in [-0.25, -0.2) is 9.37 Å². The highest BCUT2D eigenvalue weighted by Gasteiger charge is 2.13. The second-order valence-electron chi connectivity index (χ2n) is 5.38. The first-order valence-electron chi connectivity index (χ1n) is 7.52. The maximum atomic E-state index is 12.9. The van der Waals surface area contributed by atoms with E-state index < -0.39 is 0 Å². The predicted molar refractivity (Wildman–Crippen MR) is 92.0 cm³/mol. The van der Waals surface area contributed by atoms with Gasteiger partial charge in [-0.1, -0.05) is 18.2 Å². The molecule has 0 bridgehead atoms. The monoisotopic (exact) mass is 341 g/mol. The third kappa shape index (κ3) is 4.02. The van der Waals surface area contributed by atoms with Crippen molar-refractivity contribution in [2.45, 2.75) is 19.4 Å². The predicted octanol–water partition coefficient (Wildman–Crippen LogP) is 3.76. The van der Waals surface area contributed by atoms with Gasteiger partial charge in [0, 0.05) is 11.6 Å². The lowest BCUT2D eigenvalue weighted by Gasteiger charge is -2.13. The smallest absolute Gasteiger partial charge is 0.226 e. The molecule has 4 nitrogen and oxygen atoms in total. The molecule has 0 aliphatic rings. The van der Waals surface area contributed by atoms with E-state index in [2.05, 4.69) is 15.3 Å². The molecule has 24 heavy (non-hydrogen) atoms. The Hall–Kier alpha value is -2.60. The van der Waals surface area contributed by atoms with Crippen LogP contribution in [-0.4, -0.2) is 15.9 Å². The Morgan fingerprint density at radius 1 is 1.25 bits per heavy atom. The number of thiazole rings is 1. The van der Waals surface area contributed by atoms with Gasteiger partial charge in [-0.3, -0.25) is 9.78 Å². The molecule has 3 rings (SSSR count). The SMILES string of the molecule is C[C@@H](NC(=O)Cc1csc(-c2ccccn2)n1)c1ccc(F)cc1. The summed E-state index contributed by atoms with van der Waals surface area (Å²) in [4.78, 5) is 20.9. The van der Waals surface area contributed by atoms with Crippen LogP contribution in [0, 0.1) is 5.82 Å². The fraction of sp³-hybridized carbons (Fsp3) is 0.167. The second-order valence-corrected chi connectivity index (χ2v) is 6.23. The van der Waals surface area contributed by atoms with Crippen LogP contribution in [0.2, 0.25) is 0 Å². The number of pyridine rings is 1. The fourth-order valence-electron chi connectivity index (χ4n) is 2.29. The van der Waals surface area contributed by atoms with E-state index in [1.807, 2.05) is 30.5 Å². The Kier molecular flexibility index (Phi) is 4.96. The standard InChI is InChI=1S/C18H16FN3OS/c1-12(13-5-7-14(19)8-6-13)21-17(23)10-15-11-24-18(22-15)16-4-2-3-9-20-16/h2-9,11-12H,10H2,1H3,(H,21,23)/t12-/m1/s1. The summed E-state index contributed by atoms with van der Waals surface area (Å²) in [6.07, 6.45) is 1.92. The lowest BCUT2D eigenvalue weighted by atomic mass is 10.1. The van der Waals surface area contributed by atoms with Crippen molar-refractivity contribution >= 4 is 17.2 Å². The molecule has 1 N–H and O–H groups in total. The van der Waals surface area contributed by atoms with Crippen molar-refractivity contribution in [1.82, 2.24) is 15.3 Å². The summed E-state index contributed by atoms with van der Waals surface area (Å²) < 4.78 is 12.9. The highest BCUT2D eigenvalue weighted by atomic mass is 32.1. The zero-order valence-corrected chi connectivity index (χ0v) is 13.9. The van der Waals surface area contributed by atoms with E-state index in [4.69, 9.17) is 0 Å². The van der Waals surface area contributed by atoms with Gasteiger partial charge >= 0.3 is 0 Å². The van der Waals surface area contributed by atoms with Crippen molar-refractivity contribution in [2.75, 3.05) is 0 Å². The van der Waals surface area contributed by atoms with E-state index in [0.29, 0.717) is 5.69 Å². The van der Waals surface area contributed by atoms with Crippen LogP contribution in [0.4, 0.5) is 4.39 Å². The number of hydrogen-bond donors (Lipinski definition) is 1. The van der Waals surface area contributed by atoms with E-state index in [1.54, 1.807) is 18.3 Å². The molecule has 2 aromatic heterocycles. The van der Waals surface area contributed by atoms with Gasteiger partial charge in [-0.05, 0) is 36.8 Å². The van der Waals surface area contributed by atoms with Gasteiger partial charge in [0.15, 0.2) is 0 Å². The molecule has 0 radical (unpaired) electrons. The number of halogens is 1. The minimum atomic E-state index is -0.290. The summed E-state index contributed by atoms with van der Waals surface area (Å²) in [5.41, 5.74) is 2.37. The number of benzene rings is 1. The largest absolute Gasteiger partial charge is 0.349 e. The molecule has 122 valence electrons. The number of rotatable bonds is 5. The van der Waals surface area contributed by atoms with Crippen LogP contribution in [-0.2, 0) is 11.2 Å². The van der Waals surface area contributed by atoms with Crippen molar-refractivity contribution in [3.05, 3.63) is 71.1 Å². The highest BCUT2D eigenvalue weighted by Crippen LogP contribution is 2.21. The van der Waals surface area contributed by atoms with Gasteiger partial charge in [-0.15, -0.1) is 11.3 Å². The molecule has 0 unspecified atom stereocenters. The Morgan fingerprint density at radius 3 is 2.75 bits per heavy atom. The lowest BCUT2D eigenvalue weighted by Crippen LogP contribution is -2.28. The molecular formula is C18H16FN3OS. The molecule has 2 heterocycles. The van der Waals surface area contributed by atoms with Gasteiger partial charge in [0.25, 0.3) is 0 Å². The summed E-state index contributed by atoms with van der Waals surface area (Å²) in [7, 11) is 0. The summed E-state index contributed by atoms with van der Waals surface area (Å²) >= 11 is 1.47. The van der Waals surface area contributed by atoms with Crippen LogP contribution >= 0.6 is 11.3 Å². The van der Waals surface area contributed by atoms with Crippen molar-refractivity contribution in [3.8, 4) is 10.7 Å². The number of carbonyl (C=O) groups excluding carboxylic acids is 1. The van der Waals surface area contributed by atoms with Crippen molar-refractivity contribution in [2.24, 2.45) is 0 Å². The molecule has 6 heteroatoms. The van der Waals surface area contributed by atoms with E-state index in [1.165, 1.54) is 23.5 Å². The molecule has 0 spiro atoms. The van der Waals surface area contributed by atoms with E-state index in [0.717, 1.165) is 16.3 Å². The molecule has 0 fully saturated rings. The summed E-state index contributed by atoms with van der Waals surface area (Å²) in [5, 5.41) is 5.56. The van der Waals surface area contributed by atoms with Crippen LogP contribution < -0.4 is 5.32 Å². The molecule has 0 aliphatic carbocycles. The van der Waals surface area contributed by atoms with Gasteiger partial charge in [0.1, 0.15) is 10.8 Å². The first kappa shape index (κ1) is 16.3. The Labute approximate surface area is 143 Å². The van der Waals surface area contributed by atoms with Crippen molar-refractivity contribution < 1.29 is 9.18 Å². The molecule has 0 saturated heterocycles. The zero-order valence-electron chi connectivity index (χ0n) is 13.1. The van der Waals surface area contributed by atoms with E-state index in [-0.39, 0.29) is 24.2 Å². The van der Waals surface area contributed by atoms with E-state index >= 15 is 0 Å². The summed E-state index contributed by atoms with van der Waals surface area (Å²) in [6, 6.07) is 11.6. The first-order valence-corrected chi connectivity index (χ1v) is 8.40. The maximum Gasteiger partial charge on any atom is 0.226 e. The maximum absolute atomic E-state index is 12.9. The molecule has 3 aromatic rings. The van der Waals surface area contributed by atoms with Gasteiger partial charge < -0.3 is 5.32 Å². The molecule has 1 amide bonds. The summed E-state index contributed by atoms with van der Waals surface area (Å²) in [6.45, 7) is 1.87.